The van der Waals surface area contributed by atoms with Crippen LogP contribution in [-0.2, 0) is 17.9 Å². The van der Waals surface area contributed by atoms with Crippen molar-refractivity contribution >= 4 is 40.3 Å². The van der Waals surface area contributed by atoms with Crippen molar-refractivity contribution in [3.63, 3.8) is 0 Å². The van der Waals surface area contributed by atoms with Crippen LogP contribution in [0.1, 0.15) is 19.7 Å². The summed E-state index contributed by atoms with van der Waals surface area (Å²) in [6.45, 7) is 5.35. The van der Waals surface area contributed by atoms with Crippen LogP contribution in [0.5, 0.6) is 0 Å². The quantitative estimate of drug-likeness (QED) is 0.567. The molecule has 0 saturated heterocycles. The third kappa shape index (κ3) is 4.05. The third-order valence-corrected chi connectivity index (χ3v) is 5.63. The third-order valence-electron chi connectivity index (χ3n) is 4.28. The van der Waals surface area contributed by atoms with Crippen LogP contribution in [0.2, 0.25) is 5.02 Å². The summed E-state index contributed by atoms with van der Waals surface area (Å²) in [5.74, 6) is 0.993. The van der Waals surface area contributed by atoms with Crippen LogP contribution in [0, 0.1) is 0 Å². The SMILES string of the molecule is CCn1c(CN(C)C(=O)C(C)Sc2ccc(Cl)cc2)nc2ccccc21. The van der Waals surface area contributed by atoms with Crippen molar-refractivity contribution in [2.45, 2.75) is 37.1 Å². The van der Waals surface area contributed by atoms with E-state index in [2.05, 4.69) is 17.6 Å². The largest absolute Gasteiger partial charge is 0.337 e. The second-order valence-corrected chi connectivity index (χ2v) is 8.02. The molecule has 3 rings (SSSR count). The highest BCUT2D eigenvalue weighted by atomic mass is 35.5. The molecule has 1 atom stereocenters. The molecule has 1 heterocycles. The number of hydrogen-bond acceptors (Lipinski definition) is 3. The molecule has 3 aromatic rings. The van der Waals surface area contributed by atoms with Gasteiger partial charge in [0.15, 0.2) is 0 Å². The van der Waals surface area contributed by atoms with Crippen LogP contribution in [0.15, 0.2) is 53.4 Å². The molecule has 0 spiro atoms. The van der Waals surface area contributed by atoms with Gasteiger partial charge < -0.3 is 9.47 Å². The molecule has 0 aliphatic carbocycles. The second kappa shape index (κ2) is 8.14. The number of rotatable bonds is 6. The van der Waals surface area contributed by atoms with Crippen molar-refractivity contribution < 1.29 is 4.79 Å². The molecule has 0 bridgehead atoms. The van der Waals surface area contributed by atoms with E-state index in [1.165, 1.54) is 11.8 Å². The minimum absolute atomic E-state index is 0.0830. The first-order valence-electron chi connectivity index (χ1n) is 8.61. The number of benzene rings is 2. The van der Waals surface area contributed by atoms with E-state index >= 15 is 0 Å². The van der Waals surface area contributed by atoms with Crippen molar-refractivity contribution in [1.82, 2.24) is 14.5 Å². The Bertz CT molecular complexity index is 907. The lowest BCUT2D eigenvalue weighted by Gasteiger charge is -2.21. The van der Waals surface area contributed by atoms with Gasteiger partial charge in [0, 0.05) is 23.5 Å². The molecule has 1 amide bonds. The number of aryl methyl sites for hydroxylation is 1. The van der Waals surface area contributed by atoms with Gasteiger partial charge in [-0.05, 0) is 50.2 Å². The van der Waals surface area contributed by atoms with Crippen molar-refractivity contribution in [3.05, 3.63) is 59.4 Å². The number of halogens is 1. The van der Waals surface area contributed by atoms with E-state index in [1.54, 1.807) is 4.90 Å². The van der Waals surface area contributed by atoms with Gasteiger partial charge in [0.2, 0.25) is 5.91 Å². The van der Waals surface area contributed by atoms with Crippen molar-refractivity contribution in [2.24, 2.45) is 0 Å². The summed E-state index contributed by atoms with van der Waals surface area (Å²) in [6, 6.07) is 15.6. The first-order valence-corrected chi connectivity index (χ1v) is 9.86. The molecule has 0 aliphatic heterocycles. The first-order chi connectivity index (χ1) is 12.5. The Morgan fingerprint density at radius 1 is 1.23 bits per heavy atom. The number of hydrogen-bond donors (Lipinski definition) is 0. The number of carbonyl (C=O) groups is 1. The Balaban J connectivity index is 1.71. The Morgan fingerprint density at radius 2 is 1.92 bits per heavy atom. The molecule has 0 N–H and O–H groups in total. The van der Waals surface area contributed by atoms with Gasteiger partial charge in [-0.3, -0.25) is 4.79 Å². The highest BCUT2D eigenvalue weighted by Crippen LogP contribution is 2.26. The van der Waals surface area contributed by atoms with Gasteiger partial charge in [-0.1, -0.05) is 23.7 Å². The van der Waals surface area contributed by atoms with E-state index in [9.17, 15) is 4.79 Å². The monoisotopic (exact) mass is 387 g/mol. The number of fused-ring (bicyclic) bond motifs is 1. The number of nitrogens with zero attached hydrogens (tertiary/aromatic N) is 3. The highest BCUT2D eigenvalue weighted by molar-refractivity contribution is 8.00. The zero-order valence-corrected chi connectivity index (χ0v) is 16.7. The molecule has 0 radical (unpaired) electrons. The van der Waals surface area contributed by atoms with Gasteiger partial charge in [0.25, 0.3) is 0 Å². The standard InChI is InChI=1S/C20H22ClN3OS/c1-4-24-18-8-6-5-7-17(18)22-19(24)13-23(3)20(25)14(2)26-16-11-9-15(21)10-12-16/h5-12,14H,4,13H2,1-3H3. The number of imidazole rings is 1. The average Bonchev–Trinajstić information content (AvgIpc) is 2.99. The molecule has 2 aromatic carbocycles. The fourth-order valence-electron chi connectivity index (χ4n) is 2.97. The van der Waals surface area contributed by atoms with Gasteiger partial charge in [-0.2, -0.15) is 0 Å². The lowest BCUT2D eigenvalue weighted by molar-refractivity contribution is -0.129. The summed E-state index contributed by atoms with van der Waals surface area (Å²) in [5.41, 5.74) is 2.07. The fraction of sp³-hybridized carbons (Fsp3) is 0.300. The summed E-state index contributed by atoms with van der Waals surface area (Å²) in [7, 11) is 1.83. The zero-order valence-electron chi connectivity index (χ0n) is 15.1. The number of thioether (sulfide) groups is 1. The van der Waals surface area contributed by atoms with Gasteiger partial charge in [-0.15, -0.1) is 11.8 Å². The molecule has 1 unspecified atom stereocenters. The molecule has 1 aromatic heterocycles. The summed E-state index contributed by atoms with van der Waals surface area (Å²) >= 11 is 7.46. The van der Waals surface area contributed by atoms with Crippen LogP contribution in [-0.4, -0.2) is 32.7 Å². The Labute approximate surface area is 163 Å². The van der Waals surface area contributed by atoms with Crippen LogP contribution in [0.3, 0.4) is 0 Å². The van der Waals surface area contributed by atoms with Crippen LogP contribution in [0.25, 0.3) is 11.0 Å². The maximum absolute atomic E-state index is 12.8. The van der Waals surface area contributed by atoms with Crippen molar-refractivity contribution in [3.8, 4) is 0 Å². The lowest BCUT2D eigenvalue weighted by Crippen LogP contribution is -2.33. The van der Waals surface area contributed by atoms with E-state index in [0.29, 0.717) is 11.6 Å². The molecule has 136 valence electrons. The molecular formula is C20H22ClN3OS. The minimum Gasteiger partial charge on any atom is -0.337 e. The Kier molecular flexibility index (Phi) is 5.89. The summed E-state index contributed by atoms with van der Waals surface area (Å²) in [4.78, 5) is 20.3. The first kappa shape index (κ1) is 18.8. The van der Waals surface area contributed by atoms with Crippen molar-refractivity contribution in [1.29, 1.82) is 0 Å². The predicted molar refractivity (Wildman–Crippen MR) is 109 cm³/mol. The Morgan fingerprint density at radius 3 is 2.62 bits per heavy atom. The zero-order chi connectivity index (χ0) is 18.7. The van der Waals surface area contributed by atoms with Gasteiger partial charge >= 0.3 is 0 Å². The summed E-state index contributed by atoms with van der Waals surface area (Å²) < 4.78 is 2.16. The van der Waals surface area contributed by atoms with E-state index in [4.69, 9.17) is 16.6 Å². The normalized spacial score (nSPS) is 12.3. The fourth-order valence-corrected chi connectivity index (χ4v) is 4.08. The lowest BCUT2D eigenvalue weighted by atomic mass is 10.3. The van der Waals surface area contributed by atoms with E-state index in [0.717, 1.165) is 28.3 Å². The minimum atomic E-state index is -0.180. The molecule has 0 aliphatic rings. The molecule has 26 heavy (non-hydrogen) atoms. The predicted octanol–water partition coefficient (Wildman–Crippen LogP) is 4.85. The number of carbonyl (C=O) groups excluding carboxylic acids is 1. The van der Waals surface area contributed by atoms with E-state index in [1.807, 2.05) is 56.4 Å². The topological polar surface area (TPSA) is 38.1 Å². The van der Waals surface area contributed by atoms with Gasteiger partial charge in [-0.25, -0.2) is 4.98 Å². The Hall–Kier alpha value is -1.98. The van der Waals surface area contributed by atoms with Gasteiger partial charge in [0.05, 0.1) is 22.8 Å². The molecular weight excluding hydrogens is 366 g/mol. The second-order valence-electron chi connectivity index (χ2n) is 6.17. The summed E-state index contributed by atoms with van der Waals surface area (Å²) in [6.07, 6.45) is 0. The summed E-state index contributed by atoms with van der Waals surface area (Å²) in [5, 5.41) is 0.518. The van der Waals surface area contributed by atoms with Gasteiger partial charge in [0.1, 0.15) is 5.82 Å². The van der Waals surface area contributed by atoms with Crippen LogP contribution < -0.4 is 0 Å². The maximum Gasteiger partial charge on any atom is 0.235 e. The molecule has 0 fully saturated rings. The van der Waals surface area contributed by atoms with Crippen molar-refractivity contribution in [2.75, 3.05) is 7.05 Å². The number of amides is 1. The molecule has 0 saturated carbocycles. The maximum atomic E-state index is 12.8. The number of aromatic nitrogens is 2. The van der Waals surface area contributed by atoms with E-state index < -0.39 is 0 Å². The molecule has 6 heteroatoms. The highest BCUT2D eigenvalue weighted by Gasteiger charge is 2.21. The smallest absolute Gasteiger partial charge is 0.235 e. The van der Waals surface area contributed by atoms with E-state index in [-0.39, 0.29) is 11.2 Å². The number of para-hydroxylation sites is 2. The van der Waals surface area contributed by atoms with Crippen LogP contribution in [0.4, 0.5) is 0 Å². The molecule has 4 nitrogen and oxygen atoms in total. The van der Waals surface area contributed by atoms with Crippen LogP contribution >= 0.6 is 23.4 Å². The average molecular weight is 388 g/mol.